The third-order valence-electron chi connectivity index (χ3n) is 4.54. The highest BCUT2D eigenvalue weighted by Gasteiger charge is 2.20. The van der Waals surface area contributed by atoms with Gasteiger partial charge in [-0.15, -0.1) is 0 Å². The molecule has 0 radical (unpaired) electrons. The van der Waals surface area contributed by atoms with Crippen molar-refractivity contribution in [3.63, 3.8) is 0 Å². The van der Waals surface area contributed by atoms with Gasteiger partial charge in [0.15, 0.2) is 0 Å². The number of hydrogen-bond acceptors (Lipinski definition) is 5. The van der Waals surface area contributed by atoms with E-state index in [1.54, 1.807) is 36.3 Å². The zero-order chi connectivity index (χ0) is 19.2. The van der Waals surface area contributed by atoms with Crippen molar-refractivity contribution >= 4 is 17.5 Å². The molecule has 0 atom stereocenters. The SMILES string of the molecule is COc1ccc(NC(=O)c2ccnc(C(=O)N3CCCCC3)c2)c(OC)c1. The highest BCUT2D eigenvalue weighted by atomic mass is 16.5. The largest absolute Gasteiger partial charge is 0.497 e. The smallest absolute Gasteiger partial charge is 0.272 e. The predicted molar refractivity (Wildman–Crippen MR) is 101 cm³/mol. The van der Waals surface area contributed by atoms with Crippen molar-refractivity contribution in [2.75, 3.05) is 32.6 Å². The summed E-state index contributed by atoms with van der Waals surface area (Å²) in [7, 11) is 3.08. The molecule has 1 aliphatic rings. The van der Waals surface area contributed by atoms with E-state index in [4.69, 9.17) is 9.47 Å². The number of amides is 2. The molecule has 142 valence electrons. The van der Waals surface area contributed by atoms with Crippen molar-refractivity contribution in [1.29, 1.82) is 0 Å². The molecule has 3 rings (SSSR count). The normalized spacial score (nSPS) is 13.8. The summed E-state index contributed by atoms with van der Waals surface area (Å²) in [5.41, 5.74) is 1.17. The van der Waals surface area contributed by atoms with Gasteiger partial charge in [-0.25, -0.2) is 0 Å². The number of nitrogens with zero attached hydrogens (tertiary/aromatic N) is 2. The van der Waals surface area contributed by atoms with Crippen molar-refractivity contribution in [2.45, 2.75) is 19.3 Å². The Labute approximate surface area is 158 Å². The van der Waals surface area contributed by atoms with Crippen LogP contribution in [0.4, 0.5) is 5.69 Å². The van der Waals surface area contributed by atoms with Gasteiger partial charge in [-0.3, -0.25) is 14.6 Å². The number of anilines is 1. The van der Waals surface area contributed by atoms with Crippen LogP contribution in [0.15, 0.2) is 36.5 Å². The van der Waals surface area contributed by atoms with Crippen molar-refractivity contribution in [3.8, 4) is 11.5 Å². The van der Waals surface area contributed by atoms with Gasteiger partial charge in [-0.05, 0) is 43.5 Å². The molecule has 1 fully saturated rings. The zero-order valence-corrected chi connectivity index (χ0v) is 15.5. The molecule has 7 heteroatoms. The molecule has 0 aliphatic carbocycles. The van der Waals surface area contributed by atoms with E-state index in [9.17, 15) is 9.59 Å². The molecule has 7 nitrogen and oxygen atoms in total. The first-order valence-corrected chi connectivity index (χ1v) is 8.91. The Bertz CT molecular complexity index is 832. The predicted octanol–water partition coefficient (Wildman–Crippen LogP) is 2.98. The van der Waals surface area contributed by atoms with Gasteiger partial charge in [-0.1, -0.05) is 0 Å². The van der Waals surface area contributed by atoms with Crippen molar-refractivity contribution in [2.24, 2.45) is 0 Å². The Morgan fingerprint density at radius 2 is 1.81 bits per heavy atom. The van der Waals surface area contributed by atoms with Gasteiger partial charge in [0.2, 0.25) is 0 Å². The number of piperidine rings is 1. The summed E-state index contributed by atoms with van der Waals surface area (Å²) in [6.07, 6.45) is 4.63. The molecular formula is C20H23N3O4. The zero-order valence-electron chi connectivity index (χ0n) is 15.5. The van der Waals surface area contributed by atoms with Crippen LogP contribution < -0.4 is 14.8 Å². The maximum absolute atomic E-state index is 12.6. The Morgan fingerprint density at radius 3 is 2.52 bits per heavy atom. The minimum atomic E-state index is -0.339. The summed E-state index contributed by atoms with van der Waals surface area (Å²) in [6, 6.07) is 8.24. The second kappa shape index (κ2) is 8.53. The van der Waals surface area contributed by atoms with Gasteiger partial charge in [0.05, 0.1) is 19.9 Å². The highest BCUT2D eigenvalue weighted by Crippen LogP contribution is 2.29. The van der Waals surface area contributed by atoms with Crippen LogP contribution in [0.2, 0.25) is 0 Å². The monoisotopic (exact) mass is 369 g/mol. The van der Waals surface area contributed by atoms with Gasteiger partial charge in [0.25, 0.3) is 11.8 Å². The quantitative estimate of drug-likeness (QED) is 0.876. The first-order chi connectivity index (χ1) is 13.1. The fourth-order valence-electron chi connectivity index (χ4n) is 3.04. The van der Waals surface area contributed by atoms with E-state index in [0.29, 0.717) is 22.7 Å². The average molecular weight is 369 g/mol. The summed E-state index contributed by atoms with van der Waals surface area (Å²) < 4.78 is 10.5. The fourth-order valence-corrected chi connectivity index (χ4v) is 3.04. The van der Waals surface area contributed by atoms with Crippen LogP contribution in [-0.2, 0) is 0 Å². The fraction of sp³-hybridized carbons (Fsp3) is 0.350. The summed E-state index contributed by atoms with van der Waals surface area (Å²) >= 11 is 0. The van der Waals surface area contributed by atoms with E-state index in [-0.39, 0.29) is 17.5 Å². The maximum Gasteiger partial charge on any atom is 0.272 e. The first kappa shape index (κ1) is 18.7. The van der Waals surface area contributed by atoms with E-state index < -0.39 is 0 Å². The van der Waals surface area contributed by atoms with Crippen LogP contribution in [0, 0.1) is 0 Å². The van der Waals surface area contributed by atoms with Gasteiger partial charge in [-0.2, -0.15) is 0 Å². The standard InChI is InChI=1S/C20H23N3O4/c1-26-15-6-7-16(18(13-15)27-2)22-19(24)14-8-9-21-17(12-14)20(25)23-10-4-3-5-11-23/h6-9,12-13H,3-5,10-11H2,1-2H3,(H,22,24). The molecule has 0 spiro atoms. The lowest BCUT2D eigenvalue weighted by Crippen LogP contribution is -2.36. The minimum absolute atomic E-state index is 0.133. The third kappa shape index (κ3) is 4.36. The Kier molecular flexibility index (Phi) is 5.90. The average Bonchev–Trinajstić information content (AvgIpc) is 2.74. The Hall–Kier alpha value is -3.09. The van der Waals surface area contributed by atoms with E-state index in [2.05, 4.69) is 10.3 Å². The molecule has 1 aliphatic heterocycles. The van der Waals surface area contributed by atoms with Crippen LogP contribution in [0.1, 0.15) is 40.1 Å². The molecule has 1 saturated heterocycles. The molecule has 2 heterocycles. The molecule has 1 aromatic carbocycles. The lowest BCUT2D eigenvalue weighted by atomic mass is 10.1. The third-order valence-corrected chi connectivity index (χ3v) is 4.54. The second-order valence-electron chi connectivity index (χ2n) is 6.30. The minimum Gasteiger partial charge on any atom is -0.497 e. The maximum atomic E-state index is 12.6. The number of hydrogen-bond donors (Lipinski definition) is 1. The molecule has 2 aromatic rings. The number of methoxy groups -OCH3 is 2. The topological polar surface area (TPSA) is 80.8 Å². The number of likely N-dealkylation sites (tertiary alicyclic amines) is 1. The van der Waals surface area contributed by atoms with Crippen molar-refractivity contribution in [1.82, 2.24) is 9.88 Å². The number of ether oxygens (including phenoxy) is 2. The second-order valence-corrected chi connectivity index (χ2v) is 6.30. The summed E-state index contributed by atoms with van der Waals surface area (Å²) in [5.74, 6) is 0.643. The lowest BCUT2D eigenvalue weighted by Gasteiger charge is -2.26. The molecule has 0 unspecified atom stereocenters. The number of nitrogens with one attached hydrogen (secondary N) is 1. The molecule has 1 N–H and O–H groups in total. The molecular weight excluding hydrogens is 346 g/mol. The van der Waals surface area contributed by atoms with Gasteiger partial charge in [0.1, 0.15) is 17.2 Å². The highest BCUT2D eigenvalue weighted by molar-refractivity contribution is 6.06. The molecule has 27 heavy (non-hydrogen) atoms. The van der Waals surface area contributed by atoms with Gasteiger partial charge in [0, 0.05) is 30.9 Å². The summed E-state index contributed by atoms with van der Waals surface area (Å²) in [5, 5.41) is 2.80. The van der Waals surface area contributed by atoms with Crippen LogP contribution in [0.3, 0.4) is 0 Å². The van der Waals surface area contributed by atoms with Gasteiger partial charge >= 0.3 is 0 Å². The number of benzene rings is 1. The van der Waals surface area contributed by atoms with Crippen molar-refractivity contribution < 1.29 is 19.1 Å². The molecule has 0 bridgehead atoms. The lowest BCUT2D eigenvalue weighted by molar-refractivity contribution is 0.0718. The summed E-state index contributed by atoms with van der Waals surface area (Å²) in [6.45, 7) is 1.47. The number of carbonyl (C=O) groups is 2. The molecule has 0 saturated carbocycles. The number of aromatic nitrogens is 1. The Balaban J connectivity index is 1.76. The number of pyridine rings is 1. The summed E-state index contributed by atoms with van der Waals surface area (Å²) in [4.78, 5) is 31.2. The van der Waals surface area contributed by atoms with Gasteiger partial charge < -0.3 is 19.7 Å². The van der Waals surface area contributed by atoms with Crippen molar-refractivity contribution in [3.05, 3.63) is 47.8 Å². The van der Waals surface area contributed by atoms with E-state index in [0.717, 1.165) is 32.4 Å². The van der Waals surface area contributed by atoms with Crippen LogP contribution >= 0.6 is 0 Å². The molecule has 2 amide bonds. The number of rotatable bonds is 5. The van der Waals surface area contributed by atoms with Crippen LogP contribution in [-0.4, -0.2) is 49.0 Å². The van der Waals surface area contributed by atoms with E-state index in [1.807, 2.05) is 0 Å². The van der Waals surface area contributed by atoms with Crippen LogP contribution in [0.25, 0.3) is 0 Å². The van der Waals surface area contributed by atoms with E-state index >= 15 is 0 Å². The first-order valence-electron chi connectivity index (χ1n) is 8.91. The number of carbonyl (C=O) groups excluding carboxylic acids is 2. The molecule has 1 aromatic heterocycles. The van der Waals surface area contributed by atoms with Crippen LogP contribution in [0.5, 0.6) is 11.5 Å². The Morgan fingerprint density at radius 1 is 1.04 bits per heavy atom. The van der Waals surface area contributed by atoms with E-state index in [1.165, 1.54) is 19.4 Å².